The second-order valence-electron chi connectivity index (χ2n) is 7.37. The van der Waals surface area contributed by atoms with Crippen LogP contribution in [0.15, 0.2) is 54.6 Å². The number of methoxy groups -OCH3 is 1. The van der Waals surface area contributed by atoms with Crippen molar-refractivity contribution in [3.8, 4) is 5.88 Å². The normalized spacial score (nSPS) is 12.8. The van der Waals surface area contributed by atoms with Gasteiger partial charge in [-0.15, -0.1) is 0 Å². The lowest BCUT2D eigenvalue weighted by atomic mass is 10.1. The minimum absolute atomic E-state index is 0.0307. The summed E-state index contributed by atoms with van der Waals surface area (Å²) in [6.45, 7) is 2.34. The molecule has 4 rings (SSSR count). The van der Waals surface area contributed by atoms with E-state index in [1.54, 1.807) is 4.68 Å². The monoisotopic (exact) mass is 476 g/mol. The average Bonchev–Trinajstić information content (AvgIpc) is 3.16. The van der Waals surface area contributed by atoms with Gasteiger partial charge in [-0.2, -0.15) is 28.2 Å². The molecule has 6 nitrogen and oxygen atoms in total. The van der Waals surface area contributed by atoms with Crippen LogP contribution in [0.2, 0.25) is 5.28 Å². The maximum absolute atomic E-state index is 12.9. The first-order valence-corrected chi connectivity index (χ1v) is 10.4. The van der Waals surface area contributed by atoms with Crippen LogP contribution in [0.3, 0.4) is 0 Å². The molecule has 0 aliphatic rings. The molecule has 172 valence electrons. The summed E-state index contributed by atoms with van der Waals surface area (Å²) in [6.07, 6.45) is -4.41. The zero-order chi connectivity index (χ0) is 23.6. The van der Waals surface area contributed by atoms with E-state index in [9.17, 15) is 13.2 Å². The maximum Gasteiger partial charge on any atom is 0.416 e. The Morgan fingerprint density at radius 3 is 2.33 bits per heavy atom. The van der Waals surface area contributed by atoms with Crippen LogP contribution >= 0.6 is 11.6 Å². The summed E-state index contributed by atoms with van der Waals surface area (Å²) < 4.78 is 51.7. The van der Waals surface area contributed by atoms with Crippen LogP contribution in [0, 0.1) is 0 Å². The molecule has 0 N–H and O–H groups in total. The molecule has 4 aromatic rings. The molecule has 2 aromatic carbocycles. The fraction of sp³-hybridized carbons (Fsp3) is 0.261. The first-order valence-electron chi connectivity index (χ1n) is 10.1. The number of halogens is 4. The Morgan fingerprint density at radius 1 is 1.00 bits per heavy atom. The predicted octanol–water partition coefficient (Wildman–Crippen LogP) is 5.83. The van der Waals surface area contributed by atoms with Gasteiger partial charge in [-0.1, -0.05) is 42.5 Å². The Kier molecular flexibility index (Phi) is 6.53. The molecular formula is C23H20ClF3N4O2. The van der Waals surface area contributed by atoms with Crippen LogP contribution in [-0.4, -0.2) is 26.9 Å². The van der Waals surface area contributed by atoms with Gasteiger partial charge in [-0.05, 0) is 41.8 Å². The van der Waals surface area contributed by atoms with Gasteiger partial charge in [0.15, 0.2) is 5.65 Å². The third-order valence-corrected chi connectivity index (χ3v) is 5.36. The van der Waals surface area contributed by atoms with Gasteiger partial charge < -0.3 is 9.47 Å². The minimum atomic E-state index is -4.41. The van der Waals surface area contributed by atoms with Crippen molar-refractivity contribution in [2.45, 2.75) is 32.4 Å². The second-order valence-corrected chi connectivity index (χ2v) is 7.70. The van der Waals surface area contributed by atoms with Gasteiger partial charge in [0.2, 0.25) is 11.2 Å². The van der Waals surface area contributed by atoms with E-state index in [1.807, 2.05) is 37.3 Å². The van der Waals surface area contributed by atoms with E-state index in [0.717, 1.165) is 17.7 Å². The van der Waals surface area contributed by atoms with Crippen molar-refractivity contribution in [2.24, 2.45) is 0 Å². The molecule has 1 atom stereocenters. The lowest BCUT2D eigenvalue weighted by Gasteiger charge is -2.15. The average molecular weight is 477 g/mol. The maximum atomic E-state index is 12.9. The summed E-state index contributed by atoms with van der Waals surface area (Å²) in [7, 11) is 1.46. The van der Waals surface area contributed by atoms with Crippen LogP contribution in [0.25, 0.3) is 11.0 Å². The number of benzene rings is 2. The summed E-state index contributed by atoms with van der Waals surface area (Å²) in [5, 5.41) is 5.15. The van der Waals surface area contributed by atoms with Gasteiger partial charge in [0.1, 0.15) is 11.1 Å². The molecule has 0 bridgehead atoms. The van der Waals surface area contributed by atoms with Crippen molar-refractivity contribution >= 4 is 22.6 Å². The van der Waals surface area contributed by atoms with E-state index in [1.165, 1.54) is 19.2 Å². The molecule has 33 heavy (non-hydrogen) atoms. The number of ether oxygens (including phenoxy) is 2. The number of aromatic nitrogens is 4. The smallest absolute Gasteiger partial charge is 0.416 e. The summed E-state index contributed by atoms with van der Waals surface area (Å²) in [4.78, 5) is 8.44. The third kappa shape index (κ3) is 4.94. The molecule has 1 unspecified atom stereocenters. The highest BCUT2D eigenvalue weighted by molar-refractivity contribution is 6.28. The van der Waals surface area contributed by atoms with Crippen LogP contribution in [0.4, 0.5) is 13.2 Å². The number of rotatable bonds is 7. The summed E-state index contributed by atoms with van der Waals surface area (Å²) in [5.74, 6) is 0.245. The first kappa shape index (κ1) is 23.0. The molecule has 2 heterocycles. The van der Waals surface area contributed by atoms with Crippen molar-refractivity contribution < 1.29 is 22.6 Å². The Morgan fingerprint density at radius 2 is 1.70 bits per heavy atom. The number of hydrogen-bond acceptors (Lipinski definition) is 5. The zero-order valence-electron chi connectivity index (χ0n) is 17.8. The predicted molar refractivity (Wildman–Crippen MR) is 117 cm³/mol. The highest BCUT2D eigenvalue weighted by Crippen LogP contribution is 2.33. The molecule has 10 heteroatoms. The summed E-state index contributed by atoms with van der Waals surface area (Å²) in [5.41, 5.74) is 1.85. The van der Waals surface area contributed by atoms with Crippen molar-refractivity contribution in [3.05, 3.63) is 82.3 Å². The Bertz CT molecular complexity index is 1240. The molecule has 0 aliphatic heterocycles. The lowest BCUT2D eigenvalue weighted by Crippen LogP contribution is -2.11. The fourth-order valence-corrected chi connectivity index (χ4v) is 3.66. The molecular weight excluding hydrogens is 457 g/mol. The molecule has 0 fully saturated rings. The van der Waals surface area contributed by atoms with E-state index in [2.05, 4.69) is 15.1 Å². The zero-order valence-corrected chi connectivity index (χ0v) is 18.6. The number of hydrogen-bond donors (Lipinski definition) is 0. The van der Waals surface area contributed by atoms with Gasteiger partial charge in [0.25, 0.3) is 0 Å². The Hall–Kier alpha value is -3.17. The molecule has 0 spiro atoms. The van der Waals surface area contributed by atoms with E-state index in [4.69, 9.17) is 21.1 Å². The van der Waals surface area contributed by atoms with E-state index < -0.39 is 17.8 Å². The van der Waals surface area contributed by atoms with Gasteiger partial charge in [-0.3, -0.25) is 0 Å². The van der Waals surface area contributed by atoms with E-state index in [-0.39, 0.29) is 17.8 Å². The van der Waals surface area contributed by atoms with Gasteiger partial charge in [-0.25, -0.2) is 4.68 Å². The van der Waals surface area contributed by atoms with Crippen molar-refractivity contribution in [1.29, 1.82) is 0 Å². The largest absolute Gasteiger partial charge is 0.480 e. The summed E-state index contributed by atoms with van der Waals surface area (Å²) >= 11 is 6.09. The molecule has 0 saturated heterocycles. The van der Waals surface area contributed by atoms with Crippen LogP contribution < -0.4 is 4.74 Å². The number of nitrogens with zero attached hydrogens (tertiary/aromatic N) is 4. The summed E-state index contributed by atoms with van der Waals surface area (Å²) in [6, 6.07) is 14.2. The van der Waals surface area contributed by atoms with Crippen molar-refractivity contribution in [3.63, 3.8) is 0 Å². The standard InChI is InChI=1S/C23H20ClF3N4O2/c1-14(16-8-10-17(11-9-16)23(25,26)27)31-20-19(21(32-2)29-22(24)28-20)18(30-31)13-33-12-15-6-4-3-5-7-15/h3-11,14H,12-13H2,1-2H3. The molecule has 0 aliphatic carbocycles. The van der Waals surface area contributed by atoms with Gasteiger partial charge >= 0.3 is 6.18 Å². The van der Waals surface area contributed by atoms with Crippen LogP contribution in [0.5, 0.6) is 5.88 Å². The SMILES string of the molecule is COc1nc(Cl)nc2c1c(COCc1ccccc1)nn2C(C)c1ccc(C(F)(F)F)cc1. The second kappa shape index (κ2) is 9.36. The number of fused-ring (bicyclic) bond motifs is 1. The van der Waals surface area contributed by atoms with Gasteiger partial charge in [0.05, 0.1) is 31.9 Å². The number of alkyl halides is 3. The molecule has 0 amide bonds. The van der Waals surface area contributed by atoms with Crippen LogP contribution in [-0.2, 0) is 24.1 Å². The Labute approximate surface area is 192 Å². The topological polar surface area (TPSA) is 62.1 Å². The molecule has 0 saturated carbocycles. The fourth-order valence-electron chi connectivity index (χ4n) is 3.50. The highest BCUT2D eigenvalue weighted by atomic mass is 35.5. The first-order chi connectivity index (χ1) is 15.8. The lowest BCUT2D eigenvalue weighted by molar-refractivity contribution is -0.137. The van der Waals surface area contributed by atoms with Crippen molar-refractivity contribution in [1.82, 2.24) is 19.7 Å². The third-order valence-electron chi connectivity index (χ3n) is 5.19. The van der Waals surface area contributed by atoms with Crippen molar-refractivity contribution in [2.75, 3.05) is 7.11 Å². The highest BCUT2D eigenvalue weighted by Gasteiger charge is 2.30. The van der Waals surface area contributed by atoms with E-state index in [0.29, 0.717) is 28.9 Å². The quantitative estimate of drug-likeness (QED) is 0.314. The molecule has 0 radical (unpaired) electrons. The molecule has 2 aromatic heterocycles. The van der Waals surface area contributed by atoms with Gasteiger partial charge in [0, 0.05) is 0 Å². The minimum Gasteiger partial charge on any atom is -0.480 e. The van der Waals surface area contributed by atoms with E-state index >= 15 is 0 Å². The Balaban J connectivity index is 1.69. The van der Waals surface area contributed by atoms with Crippen LogP contribution in [0.1, 0.15) is 35.3 Å².